The first-order valence-corrected chi connectivity index (χ1v) is 11.6. The van der Waals surface area contributed by atoms with Crippen LogP contribution in [0.15, 0.2) is 30.3 Å². The second kappa shape index (κ2) is 10.4. The van der Waals surface area contributed by atoms with E-state index in [-0.39, 0.29) is 22.7 Å². The third kappa shape index (κ3) is 7.12. The van der Waals surface area contributed by atoms with E-state index in [0.29, 0.717) is 6.07 Å². The second-order valence-electron chi connectivity index (χ2n) is 7.22. The Bertz CT molecular complexity index is 1200. The van der Waals surface area contributed by atoms with E-state index in [2.05, 4.69) is 10.6 Å². The van der Waals surface area contributed by atoms with Crippen LogP contribution in [0, 0.1) is 17.6 Å². The number of carbonyl (C=O) groups excluding carboxylic acids is 3. The van der Waals surface area contributed by atoms with Gasteiger partial charge in [-0.05, 0) is 48.5 Å². The number of alkyl halides is 5. The molecule has 1 aliphatic rings. The predicted molar refractivity (Wildman–Crippen MR) is 124 cm³/mol. The van der Waals surface area contributed by atoms with Crippen molar-refractivity contribution in [2.24, 2.45) is 5.92 Å². The number of anilines is 3. The van der Waals surface area contributed by atoms with Crippen molar-refractivity contribution < 1.29 is 36.3 Å². The quantitative estimate of drug-likeness (QED) is 0.271. The lowest BCUT2D eigenvalue weighted by Crippen LogP contribution is -2.20. The van der Waals surface area contributed by atoms with Crippen molar-refractivity contribution in [1.29, 1.82) is 0 Å². The van der Waals surface area contributed by atoms with Crippen LogP contribution in [0.5, 0.6) is 0 Å². The number of hydrogen-bond acceptors (Lipinski definition) is 4. The van der Waals surface area contributed by atoms with E-state index in [0.717, 1.165) is 6.07 Å². The highest BCUT2D eigenvalue weighted by molar-refractivity contribution is 8.00. The third-order valence-electron chi connectivity index (χ3n) is 4.59. The Labute approximate surface area is 213 Å². The van der Waals surface area contributed by atoms with Crippen LogP contribution in [0.25, 0.3) is 0 Å². The van der Waals surface area contributed by atoms with Crippen molar-refractivity contribution in [3.05, 3.63) is 52.6 Å². The van der Waals surface area contributed by atoms with Crippen LogP contribution in [0.2, 0.25) is 5.02 Å². The highest BCUT2D eigenvalue weighted by Gasteiger charge is 2.56. The number of carbonyl (C=O) groups is 3. The first-order valence-electron chi connectivity index (χ1n) is 9.46. The van der Waals surface area contributed by atoms with Crippen LogP contribution < -0.4 is 16.0 Å². The first-order chi connectivity index (χ1) is 16.2. The fourth-order valence-electron chi connectivity index (χ4n) is 2.78. The largest absolute Gasteiger partial charge is 0.442 e. The number of thioether (sulfide) groups is 1. The minimum Gasteiger partial charge on any atom is -0.326 e. The monoisotopic (exact) mass is 575 g/mol. The van der Waals surface area contributed by atoms with Gasteiger partial charge in [-0.2, -0.15) is 13.2 Å². The zero-order valence-corrected chi connectivity index (χ0v) is 20.1. The molecule has 1 aliphatic carbocycles. The Hall–Kier alpha value is -2.28. The van der Waals surface area contributed by atoms with Gasteiger partial charge < -0.3 is 16.0 Å². The van der Waals surface area contributed by atoms with Gasteiger partial charge in [0.25, 0.3) is 5.91 Å². The highest BCUT2D eigenvalue weighted by Crippen LogP contribution is 2.53. The van der Waals surface area contributed by atoms with Crippen molar-refractivity contribution in [2.75, 3.05) is 21.7 Å². The van der Waals surface area contributed by atoms with Crippen molar-refractivity contribution in [2.45, 2.75) is 16.3 Å². The lowest BCUT2D eigenvalue weighted by molar-refractivity contribution is -0.117. The van der Waals surface area contributed by atoms with Crippen LogP contribution in [-0.2, 0) is 9.59 Å². The molecule has 15 heteroatoms. The molecule has 188 valence electrons. The maximum Gasteiger partial charge on any atom is 0.442 e. The van der Waals surface area contributed by atoms with Gasteiger partial charge in [-0.1, -0.05) is 11.6 Å². The molecule has 2 aromatic rings. The van der Waals surface area contributed by atoms with Gasteiger partial charge in [-0.15, -0.1) is 23.2 Å². The SMILES string of the molecule is O=C(CSC(F)(F)F)Nc1c(F)ccc(NC(=O)c2cc(NC(=O)C3CC3(Cl)Cl)ccc2Cl)c1F. The molecular formula is C20H13Cl3F5N3O3S. The van der Waals surface area contributed by atoms with Crippen molar-refractivity contribution >= 4 is 81.3 Å². The smallest absolute Gasteiger partial charge is 0.326 e. The van der Waals surface area contributed by atoms with E-state index in [4.69, 9.17) is 34.8 Å². The minimum atomic E-state index is -4.72. The van der Waals surface area contributed by atoms with Crippen LogP contribution in [0.3, 0.4) is 0 Å². The molecule has 0 spiro atoms. The van der Waals surface area contributed by atoms with E-state index < -0.39 is 74.0 Å². The van der Waals surface area contributed by atoms with E-state index in [1.54, 1.807) is 5.32 Å². The molecule has 0 aromatic heterocycles. The summed E-state index contributed by atoms with van der Waals surface area (Å²) < 4.78 is 64.3. The zero-order valence-electron chi connectivity index (χ0n) is 17.0. The summed E-state index contributed by atoms with van der Waals surface area (Å²) >= 11 is 17.0. The molecule has 3 N–H and O–H groups in total. The van der Waals surface area contributed by atoms with Gasteiger partial charge in [0.2, 0.25) is 11.8 Å². The number of hydrogen-bond donors (Lipinski definition) is 3. The van der Waals surface area contributed by atoms with E-state index in [1.165, 1.54) is 18.2 Å². The average molecular weight is 577 g/mol. The molecule has 0 saturated heterocycles. The summed E-state index contributed by atoms with van der Waals surface area (Å²) in [5, 5.41) is 6.30. The molecule has 1 fully saturated rings. The molecule has 0 bridgehead atoms. The summed E-state index contributed by atoms with van der Waals surface area (Å²) in [6.45, 7) is 0. The molecule has 1 unspecified atom stereocenters. The molecule has 0 radical (unpaired) electrons. The van der Waals surface area contributed by atoms with Gasteiger partial charge in [0.05, 0.1) is 27.9 Å². The van der Waals surface area contributed by atoms with Gasteiger partial charge in [0.15, 0.2) is 5.82 Å². The number of halogens is 8. The molecule has 2 aromatic carbocycles. The Morgan fingerprint density at radius 3 is 2.31 bits per heavy atom. The summed E-state index contributed by atoms with van der Waals surface area (Å²) in [6, 6.07) is 5.42. The number of rotatable bonds is 7. The van der Waals surface area contributed by atoms with Gasteiger partial charge in [0, 0.05) is 5.69 Å². The molecule has 1 atom stereocenters. The molecule has 1 saturated carbocycles. The summed E-state index contributed by atoms with van der Waals surface area (Å²) in [6.07, 6.45) is 0.250. The maximum absolute atomic E-state index is 14.8. The second-order valence-corrected chi connectivity index (χ2v) is 10.2. The number of nitrogens with one attached hydrogen (secondary N) is 3. The molecule has 3 amide bonds. The topological polar surface area (TPSA) is 87.3 Å². The fourth-order valence-corrected chi connectivity index (χ4v) is 3.86. The van der Waals surface area contributed by atoms with Crippen LogP contribution in [0.4, 0.5) is 39.0 Å². The fraction of sp³-hybridized carbons (Fsp3) is 0.250. The molecule has 6 nitrogen and oxygen atoms in total. The standard InChI is InChI=1S/C20H13Cl3F5N3O3S/c21-11-2-1-8(29-18(34)10-6-19(10,22)23)5-9(11)17(33)30-13-4-3-12(24)16(15(13)25)31-14(32)7-35-20(26,27)28/h1-5,10H,6-7H2,(H,29,34)(H,30,33)(H,31,32). The van der Waals surface area contributed by atoms with Crippen molar-refractivity contribution in [3.63, 3.8) is 0 Å². The summed E-state index contributed by atoms with van der Waals surface area (Å²) in [5.41, 5.74) is -6.38. The van der Waals surface area contributed by atoms with E-state index in [1.807, 2.05) is 0 Å². The summed E-state index contributed by atoms with van der Waals surface area (Å²) in [4.78, 5) is 36.5. The Balaban J connectivity index is 1.74. The van der Waals surface area contributed by atoms with Gasteiger partial charge in [-0.3, -0.25) is 14.4 Å². The Kier molecular flexibility index (Phi) is 8.09. The molecule has 35 heavy (non-hydrogen) atoms. The van der Waals surface area contributed by atoms with Crippen LogP contribution in [-0.4, -0.2) is 33.3 Å². The van der Waals surface area contributed by atoms with Gasteiger partial charge in [-0.25, -0.2) is 8.78 Å². The number of benzene rings is 2. The lowest BCUT2D eigenvalue weighted by Gasteiger charge is -2.13. The van der Waals surface area contributed by atoms with Crippen molar-refractivity contribution in [1.82, 2.24) is 0 Å². The Morgan fingerprint density at radius 2 is 1.71 bits per heavy atom. The maximum atomic E-state index is 14.8. The third-order valence-corrected chi connectivity index (χ3v) is 6.49. The van der Waals surface area contributed by atoms with E-state index >= 15 is 0 Å². The van der Waals surface area contributed by atoms with Gasteiger partial charge >= 0.3 is 5.51 Å². The minimum absolute atomic E-state index is 0.0730. The van der Waals surface area contributed by atoms with Crippen molar-refractivity contribution in [3.8, 4) is 0 Å². The van der Waals surface area contributed by atoms with Crippen LogP contribution >= 0.6 is 46.6 Å². The summed E-state index contributed by atoms with van der Waals surface area (Å²) in [5.74, 6) is -7.25. The zero-order chi connectivity index (χ0) is 26.1. The van der Waals surface area contributed by atoms with E-state index in [9.17, 15) is 36.3 Å². The van der Waals surface area contributed by atoms with Gasteiger partial charge in [0.1, 0.15) is 15.8 Å². The lowest BCUT2D eigenvalue weighted by atomic mass is 10.1. The summed E-state index contributed by atoms with van der Waals surface area (Å²) in [7, 11) is 0. The molecule has 0 aliphatic heterocycles. The molecular weight excluding hydrogens is 564 g/mol. The van der Waals surface area contributed by atoms with Crippen LogP contribution in [0.1, 0.15) is 16.8 Å². The Morgan fingerprint density at radius 1 is 1.06 bits per heavy atom. The normalized spacial score (nSPS) is 16.4. The first kappa shape index (κ1) is 27.3. The molecule has 3 rings (SSSR count). The number of amides is 3. The average Bonchev–Trinajstić information content (AvgIpc) is 3.40. The highest BCUT2D eigenvalue weighted by atomic mass is 35.5. The molecule has 0 heterocycles. The predicted octanol–water partition coefficient (Wildman–Crippen LogP) is 6.19.